The van der Waals surface area contributed by atoms with Crippen molar-refractivity contribution in [2.75, 3.05) is 7.11 Å². The van der Waals surface area contributed by atoms with Gasteiger partial charge in [-0.15, -0.1) is 0 Å². The number of nitrogens with zero attached hydrogens (tertiary/aromatic N) is 2. The van der Waals surface area contributed by atoms with E-state index in [0.717, 1.165) is 12.8 Å². The second-order valence-electron chi connectivity index (χ2n) is 3.32. The summed E-state index contributed by atoms with van der Waals surface area (Å²) >= 11 is 0. The number of amides is 1. The SMILES string of the molecule is CCCC(NC(=O)Cn1ccnc1)OC. The average Bonchev–Trinajstić information content (AvgIpc) is 2.69. The van der Waals surface area contributed by atoms with Crippen LogP contribution >= 0.6 is 0 Å². The van der Waals surface area contributed by atoms with Gasteiger partial charge in [0.05, 0.1) is 6.33 Å². The molecule has 1 amide bonds. The van der Waals surface area contributed by atoms with Crippen molar-refractivity contribution in [1.29, 1.82) is 0 Å². The van der Waals surface area contributed by atoms with Gasteiger partial charge in [-0.2, -0.15) is 0 Å². The van der Waals surface area contributed by atoms with Gasteiger partial charge in [0.25, 0.3) is 0 Å². The molecule has 0 aromatic carbocycles. The zero-order valence-corrected chi connectivity index (χ0v) is 9.14. The minimum absolute atomic E-state index is 0.0618. The monoisotopic (exact) mass is 211 g/mol. The molecule has 5 heteroatoms. The number of carbonyl (C=O) groups excluding carboxylic acids is 1. The number of aromatic nitrogens is 2. The molecule has 1 N–H and O–H groups in total. The first-order valence-electron chi connectivity index (χ1n) is 5.04. The van der Waals surface area contributed by atoms with Gasteiger partial charge in [-0.1, -0.05) is 13.3 Å². The normalized spacial score (nSPS) is 12.4. The Bertz CT molecular complexity index is 285. The molecule has 0 radical (unpaired) electrons. The smallest absolute Gasteiger partial charge is 0.241 e. The molecule has 1 aromatic rings. The van der Waals surface area contributed by atoms with E-state index in [0.29, 0.717) is 0 Å². The number of ether oxygens (including phenoxy) is 1. The van der Waals surface area contributed by atoms with Crippen molar-refractivity contribution in [3.05, 3.63) is 18.7 Å². The molecule has 5 nitrogen and oxygen atoms in total. The molecule has 1 atom stereocenters. The molecule has 0 aliphatic carbocycles. The number of imidazole rings is 1. The second kappa shape index (κ2) is 6.19. The van der Waals surface area contributed by atoms with Crippen LogP contribution in [0.5, 0.6) is 0 Å². The van der Waals surface area contributed by atoms with Crippen LogP contribution in [0.4, 0.5) is 0 Å². The Morgan fingerprint density at radius 2 is 2.47 bits per heavy atom. The maximum atomic E-state index is 11.5. The fourth-order valence-corrected chi connectivity index (χ4v) is 1.28. The molecule has 0 aliphatic heterocycles. The summed E-state index contributed by atoms with van der Waals surface area (Å²) in [5.41, 5.74) is 0. The van der Waals surface area contributed by atoms with Gasteiger partial charge in [-0.3, -0.25) is 4.79 Å². The standard InChI is InChI=1S/C10H17N3O2/c1-3-4-10(15-2)12-9(14)7-13-6-5-11-8-13/h5-6,8,10H,3-4,7H2,1-2H3,(H,12,14). The maximum Gasteiger partial charge on any atom is 0.241 e. The van der Waals surface area contributed by atoms with E-state index in [1.165, 1.54) is 0 Å². The number of nitrogens with one attached hydrogen (secondary N) is 1. The predicted octanol–water partition coefficient (Wildman–Crippen LogP) is 0.772. The zero-order chi connectivity index (χ0) is 11.1. The van der Waals surface area contributed by atoms with Gasteiger partial charge in [-0.25, -0.2) is 4.98 Å². The molecule has 0 bridgehead atoms. The molecule has 1 aromatic heterocycles. The number of hydrogen-bond donors (Lipinski definition) is 1. The molecular formula is C10H17N3O2. The van der Waals surface area contributed by atoms with Crippen LogP contribution in [-0.2, 0) is 16.1 Å². The first kappa shape index (κ1) is 11.7. The first-order chi connectivity index (χ1) is 7.26. The van der Waals surface area contributed by atoms with E-state index >= 15 is 0 Å². The van der Waals surface area contributed by atoms with Gasteiger partial charge in [0.1, 0.15) is 12.8 Å². The summed E-state index contributed by atoms with van der Waals surface area (Å²) in [7, 11) is 1.60. The lowest BCUT2D eigenvalue weighted by molar-refractivity contribution is -0.125. The molecule has 0 spiro atoms. The lowest BCUT2D eigenvalue weighted by Gasteiger charge is -2.16. The molecule has 84 valence electrons. The predicted molar refractivity (Wildman–Crippen MR) is 56.1 cm³/mol. The summed E-state index contributed by atoms with van der Waals surface area (Å²) in [6, 6.07) is 0. The Hall–Kier alpha value is -1.36. The fourth-order valence-electron chi connectivity index (χ4n) is 1.28. The van der Waals surface area contributed by atoms with E-state index in [9.17, 15) is 4.79 Å². The van der Waals surface area contributed by atoms with Crippen LogP contribution in [-0.4, -0.2) is 28.8 Å². The van der Waals surface area contributed by atoms with Crippen LogP contribution < -0.4 is 5.32 Å². The average molecular weight is 211 g/mol. The highest BCUT2D eigenvalue weighted by atomic mass is 16.5. The zero-order valence-electron chi connectivity index (χ0n) is 9.14. The summed E-state index contributed by atoms with van der Waals surface area (Å²) in [5.74, 6) is -0.0618. The number of methoxy groups -OCH3 is 1. The van der Waals surface area contributed by atoms with E-state index in [1.54, 1.807) is 30.4 Å². The van der Waals surface area contributed by atoms with Crippen LogP contribution in [0.1, 0.15) is 19.8 Å². The largest absolute Gasteiger partial charge is 0.362 e. The van der Waals surface area contributed by atoms with Gasteiger partial charge >= 0.3 is 0 Å². The Balaban J connectivity index is 2.34. The number of hydrogen-bond acceptors (Lipinski definition) is 3. The van der Waals surface area contributed by atoms with Crippen molar-refractivity contribution < 1.29 is 9.53 Å². The van der Waals surface area contributed by atoms with Gasteiger partial charge in [0.15, 0.2) is 0 Å². The molecule has 1 heterocycles. The van der Waals surface area contributed by atoms with E-state index in [4.69, 9.17) is 4.74 Å². The van der Waals surface area contributed by atoms with Crippen LogP contribution in [0.3, 0.4) is 0 Å². The lowest BCUT2D eigenvalue weighted by atomic mass is 10.3. The highest BCUT2D eigenvalue weighted by Gasteiger charge is 2.09. The van der Waals surface area contributed by atoms with Gasteiger partial charge < -0.3 is 14.6 Å². The molecule has 0 saturated heterocycles. The molecular weight excluding hydrogens is 194 g/mol. The highest BCUT2D eigenvalue weighted by Crippen LogP contribution is 1.97. The summed E-state index contributed by atoms with van der Waals surface area (Å²) in [6.07, 6.45) is 6.62. The third-order valence-electron chi connectivity index (χ3n) is 2.04. The number of carbonyl (C=O) groups is 1. The fraction of sp³-hybridized carbons (Fsp3) is 0.600. The maximum absolute atomic E-state index is 11.5. The van der Waals surface area contributed by atoms with E-state index in [2.05, 4.69) is 10.3 Å². The molecule has 0 fully saturated rings. The van der Waals surface area contributed by atoms with E-state index in [-0.39, 0.29) is 18.7 Å². The minimum atomic E-state index is -0.189. The highest BCUT2D eigenvalue weighted by molar-refractivity contribution is 5.75. The molecule has 0 saturated carbocycles. The van der Waals surface area contributed by atoms with Crippen molar-refractivity contribution in [2.45, 2.75) is 32.5 Å². The number of rotatable bonds is 6. The van der Waals surface area contributed by atoms with Gasteiger partial charge in [0, 0.05) is 19.5 Å². The van der Waals surface area contributed by atoms with Crippen LogP contribution in [0.15, 0.2) is 18.7 Å². The van der Waals surface area contributed by atoms with Crippen molar-refractivity contribution in [1.82, 2.24) is 14.9 Å². The minimum Gasteiger partial charge on any atom is -0.362 e. The molecule has 15 heavy (non-hydrogen) atoms. The van der Waals surface area contributed by atoms with Crippen molar-refractivity contribution in [3.63, 3.8) is 0 Å². The topological polar surface area (TPSA) is 56.2 Å². The van der Waals surface area contributed by atoms with Crippen molar-refractivity contribution in [2.24, 2.45) is 0 Å². The summed E-state index contributed by atoms with van der Waals surface area (Å²) < 4.78 is 6.84. The van der Waals surface area contributed by atoms with Crippen LogP contribution in [0.25, 0.3) is 0 Å². The van der Waals surface area contributed by atoms with E-state index in [1.807, 2.05) is 6.92 Å². The molecule has 0 aliphatic rings. The van der Waals surface area contributed by atoms with Crippen LogP contribution in [0.2, 0.25) is 0 Å². The van der Waals surface area contributed by atoms with Gasteiger partial charge in [-0.05, 0) is 6.42 Å². The Morgan fingerprint density at radius 3 is 3.00 bits per heavy atom. The molecule has 1 rings (SSSR count). The Kier molecular flexibility index (Phi) is 4.83. The summed E-state index contributed by atoms with van der Waals surface area (Å²) in [5, 5.41) is 2.80. The quantitative estimate of drug-likeness (QED) is 0.707. The summed E-state index contributed by atoms with van der Waals surface area (Å²) in [6.45, 7) is 2.33. The lowest BCUT2D eigenvalue weighted by Crippen LogP contribution is -2.37. The Morgan fingerprint density at radius 1 is 1.67 bits per heavy atom. The van der Waals surface area contributed by atoms with Gasteiger partial charge in [0.2, 0.25) is 5.91 Å². The second-order valence-corrected chi connectivity index (χ2v) is 3.32. The first-order valence-corrected chi connectivity index (χ1v) is 5.04. The third-order valence-corrected chi connectivity index (χ3v) is 2.04. The Labute approximate surface area is 89.4 Å². The molecule has 1 unspecified atom stereocenters. The van der Waals surface area contributed by atoms with Crippen molar-refractivity contribution >= 4 is 5.91 Å². The summed E-state index contributed by atoms with van der Waals surface area (Å²) in [4.78, 5) is 15.4. The van der Waals surface area contributed by atoms with E-state index < -0.39 is 0 Å². The third kappa shape index (κ3) is 4.12. The van der Waals surface area contributed by atoms with Crippen LogP contribution in [0, 0.1) is 0 Å². The van der Waals surface area contributed by atoms with Crippen molar-refractivity contribution in [3.8, 4) is 0 Å².